The fraction of sp³-hybridized carbons (Fsp3) is 0.0455. The van der Waals surface area contributed by atoms with Crippen molar-refractivity contribution in [3.63, 3.8) is 0 Å². The summed E-state index contributed by atoms with van der Waals surface area (Å²) in [5.41, 5.74) is 3.20. The van der Waals surface area contributed by atoms with Gasteiger partial charge in [0, 0.05) is 0 Å². The molecule has 0 unspecified atom stereocenters. The van der Waals surface area contributed by atoms with Crippen LogP contribution in [-0.4, -0.2) is 19.2 Å². The molecule has 6 nitrogen and oxygen atoms in total. The SMILES string of the molecule is O=c1n(-c2ccccc2)nc2c(OCc3ccccc3)nc3ccccc3n12. The maximum Gasteiger partial charge on any atom is 0.355 e. The summed E-state index contributed by atoms with van der Waals surface area (Å²) in [5, 5.41) is 4.52. The van der Waals surface area contributed by atoms with Gasteiger partial charge in [0.1, 0.15) is 6.61 Å². The molecule has 0 amide bonds. The smallest absolute Gasteiger partial charge is 0.355 e. The average Bonchev–Trinajstić information content (AvgIpc) is 3.11. The summed E-state index contributed by atoms with van der Waals surface area (Å²) in [5.74, 6) is 0.328. The summed E-state index contributed by atoms with van der Waals surface area (Å²) < 4.78 is 8.90. The van der Waals surface area contributed by atoms with Gasteiger partial charge in [-0.2, -0.15) is 4.68 Å². The topological polar surface area (TPSA) is 61.4 Å². The lowest BCUT2D eigenvalue weighted by atomic mass is 10.2. The van der Waals surface area contributed by atoms with Crippen molar-refractivity contribution < 1.29 is 4.74 Å². The quantitative estimate of drug-likeness (QED) is 0.486. The van der Waals surface area contributed by atoms with Gasteiger partial charge in [0.25, 0.3) is 5.88 Å². The summed E-state index contributed by atoms with van der Waals surface area (Å²) in [6, 6.07) is 26.6. The first-order valence-corrected chi connectivity index (χ1v) is 8.94. The minimum Gasteiger partial charge on any atom is -0.470 e. The van der Waals surface area contributed by atoms with E-state index < -0.39 is 0 Å². The molecule has 2 heterocycles. The number of hydrogen-bond donors (Lipinski definition) is 0. The number of benzene rings is 3. The second kappa shape index (κ2) is 6.66. The minimum atomic E-state index is -0.260. The average molecular weight is 368 g/mol. The molecule has 0 saturated carbocycles. The van der Waals surface area contributed by atoms with E-state index in [1.54, 1.807) is 4.40 Å². The summed E-state index contributed by atoms with van der Waals surface area (Å²) in [6.45, 7) is 0.341. The number of aromatic nitrogens is 4. The Bertz CT molecular complexity index is 1330. The van der Waals surface area contributed by atoms with Crippen LogP contribution < -0.4 is 10.4 Å². The van der Waals surface area contributed by atoms with Crippen molar-refractivity contribution in [2.24, 2.45) is 0 Å². The molecule has 0 atom stereocenters. The lowest BCUT2D eigenvalue weighted by molar-refractivity contribution is 0.297. The van der Waals surface area contributed by atoms with Gasteiger partial charge in [0.15, 0.2) is 0 Å². The number of hydrogen-bond acceptors (Lipinski definition) is 4. The van der Waals surface area contributed by atoms with Crippen LogP contribution in [0, 0.1) is 0 Å². The van der Waals surface area contributed by atoms with Crippen molar-refractivity contribution in [1.82, 2.24) is 19.2 Å². The van der Waals surface area contributed by atoms with Crippen LogP contribution in [0.25, 0.3) is 22.4 Å². The molecule has 6 heteroatoms. The van der Waals surface area contributed by atoms with E-state index in [0.717, 1.165) is 5.56 Å². The van der Waals surface area contributed by atoms with E-state index in [-0.39, 0.29) is 5.69 Å². The lowest BCUT2D eigenvalue weighted by Crippen LogP contribution is -2.20. The summed E-state index contributed by atoms with van der Waals surface area (Å²) >= 11 is 0. The molecule has 0 aliphatic rings. The third-order valence-electron chi connectivity index (χ3n) is 4.53. The molecule has 0 saturated heterocycles. The number of nitrogens with zero attached hydrogens (tertiary/aromatic N) is 4. The van der Waals surface area contributed by atoms with Gasteiger partial charge in [-0.05, 0) is 29.8 Å². The second-order valence-corrected chi connectivity index (χ2v) is 6.37. The normalized spacial score (nSPS) is 11.1. The van der Waals surface area contributed by atoms with Gasteiger partial charge < -0.3 is 4.74 Å². The Labute approximate surface area is 160 Å². The molecule has 0 N–H and O–H groups in total. The van der Waals surface area contributed by atoms with Crippen molar-refractivity contribution in [1.29, 1.82) is 0 Å². The zero-order chi connectivity index (χ0) is 18.9. The Balaban J connectivity index is 1.71. The first-order valence-electron chi connectivity index (χ1n) is 8.94. The fourth-order valence-electron chi connectivity index (χ4n) is 3.19. The monoisotopic (exact) mass is 368 g/mol. The molecule has 2 aromatic heterocycles. The zero-order valence-corrected chi connectivity index (χ0v) is 14.9. The lowest BCUT2D eigenvalue weighted by Gasteiger charge is -2.08. The highest BCUT2D eigenvalue weighted by molar-refractivity contribution is 5.79. The van der Waals surface area contributed by atoms with Crippen LogP contribution in [0.2, 0.25) is 0 Å². The highest BCUT2D eigenvalue weighted by Gasteiger charge is 2.17. The van der Waals surface area contributed by atoms with Gasteiger partial charge in [0.2, 0.25) is 5.65 Å². The van der Waals surface area contributed by atoms with Gasteiger partial charge in [-0.3, -0.25) is 0 Å². The minimum absolute atomic E-state index is 0.260. The van der Waals surface area contributed by atoms with E-state index in [0.29, 0.717) is 34.9 Å². The molecule has 5 rings (SSSR count). The van der Waals surface area contributed by atoms with Crippen LogP contribution in [-0.2, 0) is 6.61 Å². The molecule has 5 aromatic rings. The predicted octanol–water partition coefficient (Wildman–Crippen LogP) is 3.61. The van der Waals surface area contributed by atoms with Crippen molar-refractivity contribution >= 4 is 16.7 Å². The second-order valence-electron chi connectivity index (χ2n) is 6.37. The van der Waals surface area contributed by atoms with E-state index >= 15 is 0 Å². The van der Waals surface area contributed by atoms with Crippen molar-refractivity contribution in [2.75, 3.05) is 0 Å². The molecular weight excluding hydrogens is 352 g/mol. The van der Waals surface area contributed by atoms with Gasteiger partial charge in [-0.25, -0.2) is 14.2 Å². The van der Waals surface area contributed by atoms with Gasteiger partial charge in [-0.1, -0.05) is 60.7 Å². The standard InChI is InChI=1S/C22H16N4O2/c27-22-25-19-14-8-7-13-18(19)23-21(28-15-16-9-3-1-4-10-16)20(25)24-26(22)17-11-5-2-6-12-17/h1-14H,15H2. The Morgan fingerprint density at radius 1 is 0.821 bits per heavy atom. The Hall–Kier alpha value is -3.93. The van der Waals surface area contributed by atoms with Crippen LogP contribution in [0.15, 0.2) is 89.7 Å². The maximum atomic E-state index is 13.1. The molecule has 28 heavy (non-hydrogen) atoms. The van der Waals surface area contributed by atoms with Gasteiger partial charge >= 0.3 is 5.69 Å². The number of fused-ring (bicyclic) bond motifs is 3. The van der Waals surface area contributed by atoms with Crippen molar-refractivity contribution in [3.05, 3.63) is 101 Å². The van der Waals surface area contributed by atoms with E-state index in [4.69, 9.17) is 4.74 Å². The summed E-state index contributed by atoms with van der Waals surface area (Å²) in [6.07, 6.45) is 0. The summed E-state index contributed by atoms with van der Waals surface area (Å²) in [7, 11) is 0. The predicted molar refractivity (Wildman–Crippen MR) is 107 cm³/mol. The third-order valence-corrected chi connectivity index (χ3v) is 4.53. The van der Waals surface area contributed by atoms with Crippen molar-refractivity contribution in [3.8, 4) is 11.6 Å². The molecule has 136 valence electrons. The van der Waals surface area contributed by atoms with Gasteiger partial charge in [-0.15, -0.1) is 5.10 Å². The third kappa shape index (κ3) is 2.72. The maximum absolute atomic E-state index is 13.1. The summed E-state index contributed by atoms with van der Waals surface area (Å²) in [4.78, 5) is 17.8. The van der Waals surface area contributed by atoms with Crippen molar-refractivity contribution in [2.45, 2.75) is 6.61 Å². The molecule has 0 aliphatic carbocycles. The Morgan fingerprint density at radius 2 is 1.50 bits per heavy atom. The van der Waals surface area contributed by atoms with E-state index in [1.165, 1.54) is 4.68 Å². The van der Waals surface area contributed by atoms with E-state index in [9.17, 15) is 4.79 Å². The Morgan fingerprint density at radius 3 is 2.29 bits per heavy atom. The number of para-hydroxylation sites is 3. The molecule has 0 spiro atoms. The molecule has 3 aromatic carbocycles. The molecule has 0 fully saturated rings. The van der Waals surface area contributed by atoms with Gasteiger partial charge in [0.05, 0.1) is 16.7 Å². The van der Waals surface area contributed by atoms with Crippen LogP contribution in [0.1, 0.15) is 5.56 Å². The Kier molecular flexibility index (Phi) is 3.87. The largest absolute Gasteiger partial charge is 0.470 e. The van der Waals surface area contributed by atoms with Crippen LogP contribution in [0.5, 0.6) is 5.88 Å². The highest BCUT2D eigenvalue weighted by atomic mass is 16.5. The van der Waals surface area contributed by atoms with E-state index in [2.05, 4.69) is 10.1 Å². The zero-order valence-electron chi connectivity index (χ0n) is 14.9. The number of rotatable bonds is 4. The fourth-order valence-corrected chi connectivity index (χ4v) is 3.19. The highest BCUT2D eigenvalue weighted by Crippen LogP contribution is 2.22. The first-order chi connectivity index (χ1) is 13.8. The molecular formula is C22H16N4O2. The van der Waals surface area contributed by atoms with Crippen LogP contribution in [0.4, 0.5) is 0 Å². The van der Waals surface area contributed by atoms with E-state index in [1.807, 2.05) is 84.9 Å². The molecule has 0 radical (unpaired) electrons. The first kappa shape index (κ1) is 16.3. The number of ether oxygens (including phenoxy) is 1. The molecule has 0 aliphatic heterocycles. The van der Waals surface area contributed by atoms with Crippen LogP contribution in [0.3, 0.4) is 0 Å². The van der Waals surface area contributed by atoms with Crippen LogP contribution >= 0.6 is 0 Å². The molecule has 0 bridgehead atoms.